The summed E-state index contributed by atoms with van der Waals surface area (Å²) in [5.41, 5.74) is 0.825. The largest absolute Gasteiger partial charge is 0.370 e. The van der Waals surface area contributed by atoms with Gasteiger partial charge >= 0.3 is 0 Å². The van der Waals surface area contributed by atoms with Crippen molar-refractivity contribution >= 4 is 23.3 Å². The lowest BCUT2D eigenvalue weighted by atomic mass is 10.4. The molecule has 0 aliphatic carbocycles. The lowest BCUT2D eigenvalue weighted by molar-refractivity contribution is -0.385. The van der Waals surface area contributed by atoms with Crippen molar-refractivity contribution in [1.29, 1.82) is 0 Å². The maximum atomic E-state index is 10.9. The molecule has 0 aromatic carbocycles. The summed E-state index contributed by atoms with van der Waals surface area (Å²) >= 11 is 1.20. The summed E-state index contributed by atoms with van der Waals surface area (Å²) in [6, 6.07) is 4.61. The van der Waals surface area contributed by atoms with Crippen LogP contribution in [0.2, 0.25) is 0 Å². The van der Waals surface area contributed by atoms with E-state index >= 15 is 0 Å². The molecule has 2 rings (SSSR count). The van der Waals surface area contributed by atoms with E-state index < -0.39 is 4.92 Å². The monoisotopic (exact) mass is 291 g/mol. The highest BCUT2D eigenvalue weighted by atomic mass is 32.2. The van der Waals surface area contributed by atoms with E-state index in [1.807, 2.05) is 13.8 Å². The topological polar surface area (TPSA) is 93.8 Å². The van der Waals surface area contributed by atoms with Gasteiger partial charge in [0.25, 0.3) is 5.69 Å². The zero-order valence-corrected chi connectivity index (χ0v) is 11.8. The maximum Gasteiger partial charge on any atom is 0.275 e. The molecule has 20 heavy (non-hydrogen) atoms. The Bertz CT molecular complexity index is 635. The van der Waals surface area contributed by atoms with Crippen LogP contribution in [0.15, 0.2) is 34.6 Å². The van der Waals surface area contributed by atoms with Gasteiger partial charge in [0.2, 0.25) is 0 Å². The number of nitro groups is 1. The molecule has 0 radical (unpaired) electrons. The van der Waals surface area contributed by atoms with Crippen molar-refractivity contribution in [1.82, 2.24) is 15.0 Å². The van der Waals surface area contributed by atoms with Gasteiger partial charge in [-0.2, -0.15) is 0 Å². The molecule has 0 atom stereocenters. The van der Waals surface area contributed by atoms with Gasteiger partial charge in [-0.3, -0.25) is 10.1 Å². The third kappa shape index (κ3) is 3.64. The van der Waals surface area contributed by atoms with Crippen LogP contribution in [0, 0.1) is 17.0 Å². The lowest BCUT2D eigenvalue weighted by Gasteiger charge is -2.05. The van der Waals surface area contributed by atoms with E-state index in [1.165, 1.54) is 23.9 Å². The van der Waals surface area contributed by atoms with E-state index in [1.54, 1.807) is 12.3 Å². The third-order valence-electron chi connectivity index (χ3n) is 2.32. The first-order valence-electron chi connectivity index (χ1n) is 5.96. The van der Waals surface area contributed by atoms with E-state index in [4.69, 9.17) is 0 Å². The molecule has 8 heteroatoms. The van der Waals surface area contributed by atoms with E-state index in [2.05, 4.69) is 20.3 Å². The van der Waals surface area contributed by atoms with E-state index in [9.17, 15) is 10.1 Å². The Balaban J connectivity index is 2.32. The molecule has 0 spiro atoms. The highest BCUT2D eigenvalue weighted by Crippen LogP contribution is 2.28. The average molecular weight is 291 g/mol. The van der Waals surface area contributed by atoms with Gasteiger partial charge in [-0.25, -0.2) is 15.0 Å². The van der Waals surface area contributed by atoms with Gasteiger partial charge in [0.1, 0.15) is 10.8 Å². The molecule has 2 aromatic heterocycles. The number of nitrogens with one attached hydrogen (secondary N) is 1. The predicted molar refractivity (Wildman–Crippen MR) is 75.9 cm³/mol. The minimum absolute atomic E-state index is 0.00824. The molecular formula is C12H13N5O2S. The third-order valence-corrected chi connectivity index (χ3v) is 3.12. The summed E-state index contributed by atoms with van der Waals surface area (Å²) in [4.78, 5) is 23.1. The van der Waals surface area contributed by atoms with Crippen LogP contribution in [0.4, 0.5) is 11.5 Å². The second kappa shape index (κ2) is 6.29. The molecule has 0 aliphatic heterocycles. The average Bonchev–Trinajstić information content (AvgIpc) is 2.38. The van der Waals surface area contributed by atoms with Gasteiger partial charge in [0.05, 0.1) is 11.0 Å². The second-order valence-electron chi connectivity index (χ2n) is 3.92. The number of pyridine rings is 1. The summed E-state index contributed by atoms with van der Waals surface area (Å²) < 4.78 is 0. The number of aryl methyl sites for hydroxylation is 1. The number of aromatic nitrogens is 3. The van der Waals surface area contributed by atoms with E-state index in [-0.39, 0.29) is 5.69 Å². The summed E-state index contributed by atoms with van der Waals surface area (Å²) in [5.74, 6) is 0.469. The minimum Gasteiger partial charge on any atom is -0.370 e. The molecule has 2 heterocycles. The SMILES string of the molecule is CCNc1cc([N+](=O)[O-])cc(Sc2nccc(C)n2)n1. The Hall–Kier alpha value is -2.22. The summed E-state index contributed by atoms with van der Waals surface area (Å²) in [6.07, 6.45) is 1.65. The Morgan fingerprint density at radius 2 is 2.20 bits per heavy atom. The van der Waals surface area contributed by atoms with Crippen LogP contribution in [0.25, 0.3) is 0 Å². The van der Waals surface area contributed by atoms with Gasteiger partial charge in [0, 0.05) is 24.5 Å². The summed E-state index contributed by atoms with van der Waals surface area (Å²) in [7, 11) is 0. The van der Waals surface area contributed by atoms with Crippen molar-refractivity contribution < 1.29 is 4.92 Å². The van der Waals surface area contributed by atoms with Crippen molar-refractivity contribution in [2.45, 2.75) is 24.0 Å². The fourth-order valence-corrected chi connectivity index (χ4v) is 2.30. The fourth-order valence-electron chi connectivity index (χ4n) is 1.49. The molecule has 0 saturated carbocycles. The zero-order chi connectivity index (χ0) is 14.5. The Morgan fingerprint density at radius 3 is 2.85 bits per heavy atom. The molecule has 7 nitrogen and oxygen atoms in total. The van der Waals surface area contributed by atoms with Crippen molar-refractivity contribution in [2.24, 2.45) is 0 Å². The maximum absolute atomic E-state index is 10.9. The number of rotatable bonds is 5. The number of hydrogen-bond acceptors (Lipinski definition) is 7. The summed E-state index contributed by atoms with van der Waals surface area (Å²) in [5, 5.41) is 14.9. The molecular weight excluding hydrogens is 278 g/mol. The van der Waals surface area contributed by atoms with Crippen LogP contribution in [0.1, 0.15) is 12.6 Å². The molecule has 0 saturated heterocycles. The lowest BCUT2D eigenvalue weighted by Crippen LogP contribution is -2.01. The predicted octanol–water partition coefficient (Wildman–Crippen LogP) is 2.67. The fraction of sp³-hybridized carbons (Fsp3) is 0.250. The zero-order valence-electron chi connectivity index (χ0n) is 11.0. The molecule has 0 bridgehead atoms. The van der Waals surface area contributed by atoms with Crippen LogP contribution >= 0.6 is 11.8 Å². The number of nitrogens with zero attached hydrogens (tertiary/aromatic N) is 4. The molecule has 0 aliphatic rings. The smallest absolute Gasteiger partial charge is 0.275 e. The highest BCUT2D eigenvalue weighted by molar-refractivity contribution is 7.99. The van der Waals surface area contributed by atoms with Crippen LogP contribution < -0.4 is 5.32 Å². The van der Waals surface area contributed by atoms with Crippen molar-refractivity contribution in [2.75, 3.05) is 11.9 Å². The van der Waals surface area contributed by atoms with Crippen LogP contribution in [-0.4, -0.2) is 26.4 Å². The highest BCUT2D eigenvalue weighted by Gasteiger charge is 2.13. The first-order chi connectivity index (χ1) is 9.58. The molecule has 104 valence electrons. The quantitative estimate of drug-likeness (QED) is 0.514. The van der Waals surface area contributed by atoms with Gasteiger partial charge in [-0.15, -0.1) is 0 Å². The first kappa shape index (κ1) is 14.2. The first-order valence-corrected chi connectivity index (χ1v) is 6.78. The molecule has 2 aromatic rings. The Morgan fingerprint density at radius 1 is 1.40 bits per heavy atom. The van der Waals surface area contributed by atoms with Crippen LogP contribution in [-0.2, 0) is 0 Å². The molecule has 0 fully saturated rings. The number of hydrogen-bond donors (Lipinski definition) is 1. The molecule has 0 unspecified atom stereocenters. The van der Waals surface area contributed by atoms with Gasteiger partial charge in [-0.1, -0.05) is 0 Å². The summed E-state index contributed by atoms with van der Waals surface area (Å²) in [6.45, 7) is 4.40. The van der Waals surface area contributed by atoms with Crippen LogP contribution in [0.3, 0.4) is 0 Å². The van der Waals surface area contributed by atoms with Crippen LogP contribution in [0.5, 0.6) is 0 Å². The number of anilines is 1. The molecule has 0 amide bonds. The Labute approximate surface area is 120 Å². The standard InChI is InChI=1S/C12H13N5O2S/c1-3-13-10-6-9(17(18)19)7-11(16-10)20-12-14-5-4-8(2)15-12/h4-7H,3H2,1-2H3,(H,13,16). The molecule has 1 N–H and O–H groups in total. The van der Waals surface area contributed by atoms with Crippen molar-refractivity contribution in [3.05, 3.63) is 40.2 Å². The van der Waals surface area contributed by atoms with E-state index in [0.29, 0.717) is 22.5 Å². The Kier molecular flexibility index (Phi) is 4.46. The minimum atomic E-state index is -0.441. The van der Waals surface area contributed by atoms with E-state index in [0.717, 1.165) is 5.69 Å². The van der Waals surface area contributed by atoms with Crippen molar-refractivity contribution in [3.63, 3.8) is 0 Å². The normalized spacial score (nSPS) is 10.3. The van der Waals surface area contributed by atoms with Gasteiger partial charge < -0.3 is 5.32 Å². The van der Waals surface area contributed by atoms with Crippen molar-refractivity contribution in [3.8, 4) is 0 Å². The van der Waals surface area contributed by atoms with Gasteiger partial charge in [0.15, 0.2) is 5.16 Å². The second-order valence-corrected chi connectivity index (χ2v) is 4.91. The van der Waals surface area contributed by atoms with Gasteiger partial charge in [-0.05, 0) is 31.7 Å².